The van der Waals surface area contributed by atoms with Crippen LogP contribution in [0.2, 0.25) is 0 Å². The fraction of sp³-hybridized carbons (Fsp3) is 0.632. The summed E-state index contributed by atoms with van der Waals surface area (Å²) in [7, 11) is 0. The second-order valence-corrected chi connectivity index (χ2v) is 7.32. The Kier molecular flexibility index (Phi) is 4.90. The highest BCUT2D eigenvalue weighted by molar-refractivity contribution is 5.74. The van der Waals surface area contributed by atoms with E-state index in [0.717, 1.165) is 45.1 Å². The number of urea groups is 1. The lowest BCUT2D eigenvalue weighted by atomic mass is 9.87. The molecule has 0 aliphatic heterocycles. The highest BCUT2D eigenvalue weighted by Gasteiger charge is 2.45. The van der Waals surface area contributed by atoms with Crippen molar-refractivity contribution in [3.05, 3.63) is 35.4 Å². The Morgan fingerprint density at radius 3 is 2.52 bits per heavy atom. The van der Waals surface area contributed by atoms with E-state index in [-0.39, 0.29) is 24.1 Å². The molecule has 0 bridgehead atoms. The first kappa shape index (κ1) is 16.3. The van der Waals surface area contributed by atoms with Crippen LogP contribution in [0.25, 0.3) is 0 Å². The number of carbonyl (C=O) groups excluding carboxylic acids is 1. The van der Waals surface area contributed by atoms with Crippen molar-refractivity contribution in [3.63, 3.8) is 0 Å². The van der Waals surface area contributed by atoms with Crippen LogP contribution in [-0.2, 0) is 5.41 Å². The van der Waals surface area contributed by atoms with E-state index < -0.39 is 0 Å². The van der Waals surface area contributed by atoms with Gasteiger partial charge < -0.3 is 15.7 Å². The second kappa shape index (κ2) is 6.91. The van der Waals surface area contributed by atoms with Crippen LogP contribution in [0.15, 0.2) is 24.3 Å². The first-order valence-electron chi connectivity index (χ1n) is 8.84. The van der Waals surface area contributed by atoms with Crippen LogP contribution in [0.5, 0.6) is 0 Å². The topological polar surface area (TPSA) is 61.4 Å². The SMILES string of the molecule is Cc1ccccc1C1(CNC(=O)NC2CCC(CO)CC2)CC1. The molecular formula is C19H28N2O2. The second-order valence-electron chi connectivity index (χ2n) is 7.32. The summed E-state index contributed by atoms with van der Waals surface area (Å²) in [6.07, 6.45) is 6.27. The van der Waals surface area contributed by atoms with Gasteiger partial charge in [-0.25, -0.2) is 4.79 Å². The minimum Gasteiger partial charge on any atom is -0.396 e. The molecule has 0 radical (unpaired) electrons. The van der Waals surface area contributed by atoms with Crippen LogP contribution in [0.3, 0.4) is 0 Å². The van der Waals surface area contributed by atoms with E-state index in [0.29, 0.717) is 5.92 Å². The van der Waals surface area contributed by atoms with Crippen molar-refractivity contribution in [2.24, 2.45) is 5.92 Å². The fourth-order valence-corrected chi connectivity index (χ4v) is 3.84. The van der Waals surface area contributed by atoms with Gasteiger partial charge in [-0.3, -0.25) is 0 Å². The Hall–Kier alpha value is -1.55. The van der Waals surface area contributed by atoms with Gasteiger partial charge in [-0.1, -0.05) is 24.3 Å². The molecule has 3 N–H and O–H groups in total. The molecule has 1 aromatic carbocycles. The van der Waals surface area contributed by atoms with Crippen LogP contribution in [0, 0.1) is 12.8 Å². The monoisotopic (exact) mass is 316 g/mol. The van der Waals surface area contributed by atoms with Gasteiger partial charge in [-0.2, -0.15) is 0 Å². The van der Waals surface area contributed by atoms with Gasteiger partial charge >= 0.3 is 6.03 Å². The average molecular weight is 316 g/mol. The van der Waals surface area contributed by atoms with Gasteiger partial charge in [0.1, 0.15) is 0 Å². The largest absolute Gasteiger partial charge is 0.396 e. The van der Waals surface area contributed by atoms with Crippen LogP contribution >= 0.6 is 0 Å². The third kappa shape index (κ3) is 3.86. The van der Waals surface area contributed by atoms with E-state index in [9.17, 15) is 9.90 Å². The molecule has 4 nitrogen and oxygen atoms in total. The molecule has 4 heteroatoms. The van der Waals surface area contributed by atoms with E-state index in [4.69, 9.17) is 0 Å². The number of amides is 2. The number of aliphatic hydroxyl groups excluding tert-OH is 1. The van der Waals surface area contributed by atoms with Crippen molar-refractivity contribution in [2.75, 3.05) is 13.2 Å². The number of rotatable bonds is 5. The fourth-order valence-electron chi connectivity index (χ4n) is 3.84. The quantitative estimate of drug-likeness (QED) is 0.782. The molecule has 0 aromatic heterocycles. The summed E-state index contributed by atoms with van der Waals surface area (Å²) in [6, 6.07) is 8.70. The lowest BCUT2D eigenvalue weighted by Gasteiger charge is -2.28. The number of hydrogen-bond acceptors (Lipinski definition) is 2. The molecule has 126 valence electrons. The summed E-state index contributed by atoms with van der Waals surface area (Å²) >= 11 is 0. The number of benzene rings is 1. The number of carbonyl (C=O) groups is 1. The van der Waals surface area contributed by atoms with Gasteiger partial charge in [-0.05, 0) is 62.5 Å². The molecule has 1 aromatic rings. The Labute approximate surface area is 138 Å². The minimum absolute atomic E-state index is 0.0442. The summed E-state index contributed by atoms with van der Waals surface area (Å²) in [5.41, 5.74) is 2.84. The summed E-state index contributed by atoms with van der Waals surface area (Å²) < 4.78 is 0. The molecule has 2 saturated carbocycles. The van der Waals surface area contributed by atoms with E-state index >= 15 is 0 Å². The zero-order chi connectivity index (χ0) is 16.3. The van der Waals surface area contributed by atoms with Gasteiger partial charge in [-0.15, -0.1) is 0 Å². The zero-order valence-electron chi connectivity index (χ0n) is 14.0. The molecule has 0 heterocycles. The zero-order valence-corrected chi connectivity index (χ0v) is 14.0. The summed E-state index contributed by atoms with van der Waals surface area (Å²) in [5.74, 6) is 0.423. The van der Waals surface area contributed by atoms with E-state index in [1.54, 1.807) is 0 Å². The molecule has 2 aliphatic rings. The predicted octanol–water partition coefficient (Wildman–Crippen LogP) is 2.88. The van der Waals surface area contributed by atoms with Crippen molar-refractivity contribution >= 4 is 6.03 Å². The van der Waals surface area contributed by atoms with Crippen molar-refractivity contribution < 1.29 is 9.90 Å². The third-order valence-electron chi connectivity index (χ3n) is 5.60. The molecule has 0 atom stereocenters. The smallest absolute Gasteiger partial charge is 0.315 e. The maximum atomic E-state index is 12.2. The lowest BCUT2D eigenvalue weighted by molar-refractivity contribution is 0.174. The maximum Gasteiger partial charge on any atom is 0.315 e. The standard InChI is InChI=1S/C19H28N2O2/c1-14-4-2-3-5-17(14)19(10-11-19)13-20-18(23)21-16-8-6-15(12-22)7-9-16/h2-5,15-16,22H,6-13H2,1H3,(H2,20,21,23). The number of hydrogen-bond donors (Lipinski definition) is 3. The number of aliphatic hydroxyl groups is 1. The molecule has 0 spiro atoms. The van der Waals surface area contributed by atoms with Crippen molar-refractivity contribution in [3.8, 4) is 0 Å². The van der Waals surface area contributed by atoms with Crippen LogP contribution in [0.1, 0.15) is 49.7 Å². The highest BCUT2D eigenvalue weighted by Crippen LogP contribution is 2.48. The van der Waals surface area contributed by atoms with Crippen LogP contribution in [0.4, 0.5) is 4.79 Å². The molecular weight excluding hydrogens is 288 g/mol. The molecule has 3 rings (SSSR count). The van der Waals surface area contributed by atoms with Crippen molar-refractivity contribution in [1.29, 1.82) is 0 Å². The number of nitrogens with one attached hydrogen (secondary N) is 2. The van der Waals surface area contributed by atoms with Gasteiger partial charge in [0, 0.05) is 24.6 Å². The van der Waals surface area contributed by atoms with E-state index in [2.05, 4.69) is 41.8 Å². The first-order valence-corrected chi connectivity index (χ1v) is 8.84. The van der Waals surface area contributed by atoms with Crippen molar-refractivity contribution in [2.45, 2.75) is 56.9 Å². The Morgan fingerprint density at radius 2 is 1.91 bits per heavy atom. The summed E-state index contributed by atoms with van der Waals surface area (Å²) in [5, 5.41) is 15.4. The van der Waals surface area contributed by atoms with Crippen molar-refractivity contribution in [1.82, 2.24) is 10.6 Å². The summed E-state index contributed by atoms with van der Waals surface area (Å²) in [4.78, 5) is 12.2. The predicted molar refractivity (Wildman–Crippen MR) is 91.5 cm³/mol. The van der Waals surface area contributed by atoms with Gasteiger partial charge in [0.25, 0.3) is 0 Å². The van der Waals surface area contributed by atoms with Crippen LogP contribution in [-0.4, -0.2) is 30.3 Å². The Bertz CT molecular complexity index is 546. The third-order valence-corrected chi connectivity index (χ3v) is 5.60. The highest BCUT2D eigenvalue weighted by atomic mass is 16.3. The normalized spacial score (nSPS) is 25.7. The molecule has 2 aliphatic carbocycles. The number of aryl methyl sites for hydroxylation is 1. The molecule has 2 fully saturated rings. The van der Waals surface area contributed by atoms with Crippen LogP contribution < -0.4 is 10.6 Å². The molecule has 2 amide bonds. The minimum atomic E-state index is -0.0442. The van der Waals surface area contributed by atoms with E-state index in [1.165, 1.54) is 11.1 Å². The lowest BCUT2D eigenvalue weighted by Crippen LogP contribution is -2.46. The molecule has 23 heavy (non-hydrogen) atoms. The van der Waals surface area contributed by atoms with Gasteiger partial charge in [0.05, 0.1) is 0 Å². The Balaban J connectivity index is 1.47. The molecule has 0 saturated heterocycles. The first-order chi connectivity index (χ1) is 11.1. The van der Waals surface area contributed by atoms with Gasteiger partial charge in [0.15, 0.2) is 0 Å². The average Bonchev–Trinajstić information content (AvgIpc) is 3.35. The summed E-state index contributed by atoms with van der Waals surface area (Å²) in [6.45, 7) is 3.14. The maximum absolute atomic E-state index is 12.2. The van der Waals surface area contributed by atoms with Gasteiger partial charge in [0.2, 0.25) is 0 Å². The Morgan fingerprint density at radius 1 is 1.22 bits per heavy atom. The molecule has 0 unspecified atom stereocenters. The van der Waals surface area contributed by atoms with E-state index in [1.807, 2.05) is 0 Å².